The summed E-state index contributed by atoms with van der Waals surface area (Å²) in [6.07, 6.45) is 0. The first-order valence-corrected chi connectivity index (χ1v) is 7.44. The highest BCUT2D eigenvalue weighted by Crippen LogP contribution is 2.21. The van der Waals surface area contributed by atoms with Crippen LogP contribution in [0.25, 0.3) is 0 Å². The van der Waals surface area contributed by atoms with Gasteiger partial charge in [-0.05, 0) is 24.6 Å². The van der Waals surface area contributed by atoms with Gasteiger partial charge in [0, 0.05) is 16.6 Å². The Morgan fingerprint density at radius 2 is 2.21 bits per heavy atom. The number of rotatable bonds is 6. The third kappa shape index (κ3) is 4.63. The first-order chi connectivity index (χ1) is 8.97. The van der Waals surface area contributed by atoms with Crippen LogP contribution >= 0.6 is 0 Å². The van der Waals surface area contributed by atoms with Gasteiger partial charge in [0.1, 0.15) is 5.75 Å². The molecule has 1 aromatic rings. The lowest BCUT2D eigenvalue weighted by molar-refractivity contribution is -0.119. The number of nitrogens with one attached hydrogen (secondary N) is 1. The zero-order chi connectivity index (χ0) is 14.4. The lowest BCUT2D eigenvalue weighted by Gasteiger charge is -2.15. The number of hydrogen-bond acceptors (Lipinski definition) is 3. The number of amides is 1. The fourth-order valence-electron chi connectivity index (χ4n) is 1.57. The zero-order valence-electron chi connectivity index (χ0n) is 11.2. The van der Waals surface area contributed by atoms with Gasteiger partial charge in [-0.15, -0.1) is 0 Å². The van der Waals surface area contributed by atoms with Crippen LogP contribution < -0.4 is 10.1 Å². The summed E-state index contributed by atoms with van der Waals surface area (Å²) in [4.78, 5) is 11.6. The van der Waals surface area contributed by atoms with Gasteiger partial charge in [-0.1, -0.05) is 13.0 Å². The highest BCUT2D eigenvalue weighted by atomic mass is 32.2. The molecule has 0 spiro atoms. The van der Waals surface area contributed by atoms with Gasteiger partial charge in [-0.3, -0.25) is 9.00 Å². The molecule has 1 aromatic carbocycles. The van der Waals surface area contributed by atoms with Gasteiger partial charge in [-0.25, -0.2) is 4.39 Å². The molecule has 19 heavy (non-hydrogen) atoms. The summed E-state index contributed by atoms with van der Waals surface area (Å²) in [6.45, 7) is 3.50. The van der Waals surface area contributed by atoms with Gasteiger partial charge < -0.3 is 10.1 Å². The van der Waals surface area contributed by atoms with Gasteiger partial charge in [0.05, 0.1) is 13.2 Å². The van der Waals surface area contributed by atoms with Crippen molar-refractivity contribution in [1.82, 2.24) is 5.32 Å². The molecule has 1 amide bonds. The highest BCUT2D eigenvalue weighted by molar-refractivity contribution is 7.85. The van der Waals surface area contributed by atoms with E-state index in [4.69, 9.17) is 4.74 Å². The molecule has 0 heterocycles. The Hall–Kier alpha value is -1.43. The number of halogens is 1. The molecule has 0 aliphatic heterocycles. The Kier molecular flexibility index (Phi) is 5.95. The average Bonchev–Trinajstić information content (AvgIpc) is 2.38. The van der Waals surface area contributed by atoms with Crippen molar-refractivity contribution in [3.05, 3.63) is 29.6 Å². The summed E-state index contributed by atoms with van der Waals surface area (Å²) in [6, 6.07) is 4.17. The van der Waals surface area contributed by atoms with E-state index in [0.29, 0.717) is 11.3 Å². The minimum absolute atomic E-state index is 0.0283. The van der Waals surface area contributed by atoms with Crippen LogP contribution in [0.2, 0.25) is 0 Å². The van der Waals surface area contributed by atoms with Crippen molar-refractivity contribution in [2.45, 2.75) is 19.9 Å². The van der Waals surface area contributed by atoms with E-state index in [1.165, 1.54) is 19.2 Å². The second-order valence-corrected chi connectivity index (χ2v) is 5.80. The third-order valence-corrected chi connectivity index (χ3v) is 3.90. The molecule has 1 N–H and O–H groups in total. The molecule has 0 unspecified atom stereocenters. The lowest BCUT2D eigenvalue weighted by Crippen LogP contribution is -2.31. The van der Waals surface area contributed by atoms with Crippen molar-refractivity contribution in [2.24, 2.45) is 0 Å². The second-order valence-electron chi connectivity index (χ2n) is 4.06. The van der Waals surface area contributed by atoms with Gasteiger partial charge >= 0.3 is 0 Å². The minimum atomic E-state index is -1.15. The highest BCUT2D eigenvalue weighted by Gasteiger charge is 2.13. The van der Waals surface area contributed by atoms with Crippen molar-refractivity contribution in [1.29, 1.82) is 0 Å². The van der Waals surface area contributed by atoms with Crippen molar-refractivity contribution < 1.29 is 18.1 Å². The fraction of sp³-hybridized carbons (Fsp3) is 0.462. The summed E-state index contributed by atoms with van der Waals surface area (Å²) >= 11 is 0. The molecular formula is C13H18FNO3S. The summed E-state index contributed by atoms with van der Waals surface area (Å²) < 4.78 is 29.6. The molecule has 4 nitrogen and oxygen atoms in total. The smallest absolute Gasteiger partial charge is 0.233 e. The van der Waals surface area contributed by atoms with E-state index in [1.54, 1.807) is 19.9 Å². The summed E-state index contributed by atoms with van der Waals surface area (Å²) in [5.41, 5.74) is 0.633. The number of carbonyl (C=O) groups is 1. The molecule has 2 atom stereocenters. The molecule has 0 aromatic heterocycles. The van der Waals surface area contributed by atoms with E-state index in [-0.39, 0.29) is 23.5 Å². The Bertz CT molecular complexity index is 479. The summed E-state index contributed by atoms with van der Waals surface area (Å²) in [5, 5.41) is 2.69. The molecule has 0 fully saturated rings. The summed E-state index contributed by atoms with van der Waals surface area (Å²) in [7, 11) is 0.247. The lowest BCUT2D eigenvalue weighted by atomic mass is 10.1. The Labute approximate surface area is 114 Å². The van der Waals surface area contributed by atoms with Gasteiger partial charge in [0.15, 0.2) is 11.6 Å². The number of hydrogen-bond donors (Lipinski definition) is 1. The number of carbonyl (C=O) groups excluding carboxylic acids is 1. The molecule has 0 saturated carbocycles. The monoisotopic (exact) mass is 287 g/mol. The molecule has 6 heteroatoms. The fourth-order valence-corrected chi connectivity index (χ4v) is 2.15. The van der Waals surface area contributed by atoms with Crippen LogP contribution in [-0.2, 0) is 15.6 Å². The number of benzene rings is 1. The van der Waals surface area contributed by atoms with Crippen LogP contribution in [0.3, 0.4) is 0 Å². The van der Waals surface area contributed by atoms with Crippen molar-refractivity contribution in [2.75, 3.05) is 18.6 Å². The molecule has 0 radical (unpaired) electrons. The quantitative estimate of drug-likeness (QED) is 0.867. The van der Waals surface area contributed by atoms with Crippen molar-refractivity contribution >= 4 is 16.7 Å². The van der Waals surface area contributed by atoms with Crippen LogP contribution in [0, 0.1) is 5.82 Å². The molecule has 0 aliphatic rings. The van der Waals surface area contributed by atoms with Gasteiger partial charge in [-0.2, -0.15) is 0 Å². The molecular weight excluding hydrogens is 269 g/mol. The Morgan fingerprint density at radius 3 is 2.74 bits per heavy atom. The first-order valence-electron chi connectivity index (χ1n) is 5.95. The van der Waals surface area contributed by atoms with E-state index < -0.39 is 16.6 Å². The predicted octanol–water partition coefficient (Wildman–Crippen LogP) is 1.78. The first kappa shape index (κ1) is 15.6. The minimum Gasteiger partial charge on any atom is -0.494 e. The van der Waals surface area contributed by atoms with Crippen LogP contribution in [-0.4, -0.2) is 28.7 Å². The molecule has 106 valence electrons. The Balaban J connectivity index is 2.67. The average molecular weight is 287 g/mol. The van der Waals surface area contributed by atoms with E-state index in [9.17, 15) is 13.4 Å². The molecule has 0 saturated heterocycles. The predicted molar refractivity (Wildman–Crippen MR) is 73.1 cm³/mol. The normalized spacial score (nSPS) is 13.7. The van der Waals surface area contributed by atoms with Gasteiger partial charge in [0.2, 0.25) is 5.91 Å². The van der Waals surface area contributed by atoms with Crippen LogP contribution in [0.5, 0.6) is 5.75 Å². The number of methoxy groups -OCH3 is 1. The van der Waals surface area contributed by atoms with Crippen LogP contribution in [0.1, 0.15) is 25.5 Å². The SMILES string of the molecule is CC[S@@](=O)CC(=O)N[C@@H](C)c1ccc(OC)c(F)c1. The topological polar surface area (TPSA) is 55.4 Å². The van der Waals surface area contributed by atoms with E-state index >= 15 is 0 Å². The number of ether oxygens (including phenoxy) is 1. The van der Waals surface area contributed by atoms with E-state index in [0.717, 1.165) is 0 Å². The maximum Gasteiger partial charge on any atom is 0.233 e. The largest absolute Gasteiger partial charge is 0.494 e. The molecule has 0 bridgehead atoms. The van der Waals surface area contributed by atoms with E-state index in [1.807, 2.05) is 0 Å². The third-order valence-electron chi connectivity index (χ3n) is 2.67. The van der Waals surface area contributed by atoms with Gasteiger partial charge in [0.25, 0.3) is 0 Å². The van der Waals surface area contributed by atoms with Crippen molar-refractivity contribution in [3.63, 3.8) is 0 Å². The molecule has 0 aliphatic carbocycles. The second kappa shape index (κ2) is 7.23. The van der Waals surface area contributed by atoms with Crippen LogP contribution in [0.15, 0.2) is 18.2 Å². The van der Waals surface area contributed by atoms with Crippen LogP contribution in [0.4, 0.5) is 4.39 Å². The standard InChI is InChI=1S/C13H18FNO3S/c1-4-19(17)8-13(16)15-9(2)10-5-6-12(18-3)11(14)7-10/h5-7,9H,4,8H2,1-3H3,(H,15,16)/t9-,19+/m0/s1. The summed E-state index contributed by atoms with van der Waals surface area (Å²) in [5.74, 6) is -0.199. The molecule has 1 rings (SSSR count). The maximum absolute atomic E-state index is 13.5. The van der Waals surface area contributed by atoms with E-state index in [2.05, 4.69) is 5.32 Å². The zero-order valence-corrected chi connectivity index (χ0v) is 12.1. The maximum atomic E-state index is 13.5. The Morgan fingerprint density at radius 1 is 1.53 bits per heavy atom. The van der Waals surface area contributed by atoms with Crippen molar-refractivity contribution in [3.8, 4) is 5.75 Å².